The van der Waals surface area contributed by atoms with Gasteiger partial charge in [0, 0.05) is 45.0 Å². The van der Waals surface area contributed by atoms with E-state index < -0.39 is 0 Å². The van der Waals surface area contributed by atoms with Crippen LogP contribution in [0.25, 0.3) is 55.6 Å². The molecule has 2 heteroatoms. The molecular weight excluding hydrogens is 821 g/mol. The summed E-state index contributed by atoms with van der Waals surface area (Å²) >= 11 is 0. The number of para-hydroxylation sites is 2. The zero-order chi connectivity index (χ0) is 46.0. The van der Waals surface area contributed by atoms with Crippen LogP contribution in [0.5, 0.6) is 0 Å². The summed E-state index contributed by atoms with van der Waals surface area (Å²) in [6.07, 6.45) is 0. The minimum absolute atomic E-state index is 0.165. The number of fused-ring (bicyclic) bond motifs is 6. The van der Waals surface area contributed by atoms with Gasteiger partial charge < -0.3 is 9.80 Å². The molecule has 0 fully saturated rings. The summed E-state index contributed by atoms with van der Waals surface area (Å²) in [5.41, 5.74) is 23.9. The van der Waals surface area contributed by atoms with Crippen LogP contribution in [0.4, 0.5) is 34.1 Å². The first-order valence-electron chi connectivity index (χ1n) is 23.8. The summed E-state index contributed by atoms with van der Waals surface area (Å²) in [4.78, 5) is 4.93. The van der Waals surface area contributed by atoms with Crippen molar-refractivity contribution in [2.75, 3.05) is 9.80 Å². The zero-order valence-corrected chi connectivity index (χ0v) is 39.0. The third-order valence-electron chi connectivity index (χ3n) is 14.6. The molecule has 0 unspecified atom stereocenters. The lowest BCUT2D eigenvalue weighted by Crippen LogP contribution is -2.17. The lowest BCUT2D eigenvalue weighted by atomic mass is 9.82. The molecule has 0 saturated heterocycles. The standard InChI is InChI=1S/C66H52N2/c1-65(2)60-34-19-17-30-56(60)58-38-36-50(43-62(58)65)67(48-26-13-7-14-27-48)52-40-47(64-54(45-22-9-5-10-23-45)32-21-33-55(64)46-24-11-6-12-25-46)41-53(42-52)68(49-28-15-8-16-29-49)51-37-39-59-57-31-18-20-35-61(57)66(3,4)63(59)44-51/h5-44H,1-4H3. The molecule has 2 aliphatic carbocycles. The molecule has 0 N–H and O–H groups in total. The van der Waals surface area contributed by atoms with E-state index in [9.17, 15) is 0 Å². The van der Waals surface area contributed by atoms with Gasteiger partial charge in [-0.05, 0) is 145 Å². The van der Waals surface area contributed by atoms with Crippen LogP contribution in [0.1, 0.15) is 49.9 Å². The van der Waals surface area contributed by atoms with E-state index in [1.165, 1.54) is 72.3 Å². The van der Waals surface area contributed by atoms with Crippen LogP contribution in [0.2, 0.25) is 0 Å². The first-order chi connectivity index (χ1) is 33.3. The Balaban J connectivity index is 1.15. The normalized spacial score (nSPS) is 13.5. The second-order valence-electron chi connectivity index (χ2n) is 19.3. The molecule has 0 bridgehead atoms. The summed E-state index contributed by atoms with van der Waals surface area (Å²) in [5, 5.41) is 0. The fraction of sp³-hybridized carbons (Fsp3) is 0.0909. The van der Waals surface area contributed by atoms with E-state index in [-0.39, 0.29) is 10.8 Å². The highest BCUT2D eigenvalue weighted by molar-refractivity contribution is 5.98. The van der Waals surface area contributed by atoms with Gasteiger partial charge in [0.2, 0.25) is 0 Å². The molecule has 0 aliphatic heterocycles. The lowest BCUT2D eigenvalue weighted by molar-refractivity contribution is 0.660. The molecule has 0 amide bonds. The average molecular weight is 873 g/mol. The predicted octanol–water partition coefficient (Wildman–Crippen LogP) is 18.2. The molecule has 2 aliphatic rings. The summed E-state index contributed by atoms with van der Waals surface area (Å²) in [6, 6.07) is 89.6. The SMILES string of the molecule is CC1(C)c2ccccc2-c2ccc(N(c3ccccc3)c3cc(-c4c(-c5ccccc5)cccc4-c4ccccc4)cc(N(c4ccccc4)c4ccc5c(c4)C(C)(C)c4ccccc4-5)c3)cc21. The van der Waals surface area contributed by atoms with Gasteiger partial charge in [0.1, 0.15) is 0 Å². The second-order valence-corrected chi connectivity index (χ2v) is 19.3. The molecule has 10 aromatic rings. The fourth-order valence-electron chi connectivity index (χ4n) is 11.3. The van der Waals surface area contributed by atoms with E-state index in [0.717, 1.165) is 39.7 Å². The molecule has 0 radical (unpaired) electrons. The Bertz CT molecular complexity index is 3270. The van der Waals surface area contributed by atoms with Gasteiger partial charge >= 0.3 is 0 Å². The first kappa shape index (κ1) is 41.2. The average Bonchev–Trinajstić information content (AvgIpc) is 3.76. The smallest absolute Gasteiger partial charge is 0.0488 e. The molecule has 12 rings (SSSR count). The Labute approximate surface area is 401 Å². The van der Waals surface area contributed by atoms with Crippen LogP contribution < -0.4 is 9.80 Å². The minimum Gasteiger partial charge on any atom is -0.310 e. The summed E-state index contributed by atoms with van der Waals surface area (Å²) in [7, 11) is 0. The molecule has 0 saturated carbocycles. The Hall–Kier alpha value is -8.20. The number of hydrogen-bond donors (Lipinski definition) is 0. The van der Waals surface area contributed by atoms with Gasteiger partial charge in [-0.1, -0.05) is 204 Å². The van der Waals surface area contributed by atoms with Crippen molar-refractivity contribution in [1.29, 1.82) is 0 Å². The van der Waals surface area contributed by atoms with Crippen LogP contribution in [0.3, 0.4) is 0 Å². The maximum atomic E-state index is 2.46. The van der Waals surface area contributed by atoms with Crippen molar-refractivity contribution in [1.82, 2.24) is 0 Å². The molecule has 10 aromatic carbocycles. The maximum absolute atomic E-state index is 2.46. The first-order valence-corrected chi connectivity index (χ1v) is 23.8. The second kappa shape index (κ2) is 16.3. The molecule has 326 valence electrons. The quantitative estimate of drug-likeness (QED) is 0.143. The number of benzene rings is 10. The predicted molar refractivity (Wildman–Crippen MR) is 287 cm³/mol. The molecule has 68 heavy (non-hydrogen) atoms. The summed E-state index contributed by atoms with van der Waals surface area (Å²) in [5.74, 6) is 0. The van der Waals surface area contributed by atoms with Crippen LogP contribution in [0, 0.1) is 0 Å². The Morgan fingerprint density at radius 2 is 0.588 bits per heavy atom. The lowest BCUT2D eigenvalue weighted by Gasteiger charge is -2.32. The van der Waals surface area contributed by atoms with Gasteiger partial charge in [-0.2, -0.15) is 0 Å². The van der Waals surface area contributed by atoms with Crippen LogP contribution in [-0.2, 0) is 10.8 Å². The Morgan fingerprint density at radius 3 is 1.01 bits per heavy atom. The van der Waals surface area contributed by atoms with E-state index in [4.69, 9.17) is 0 Å². The van der Waals surface area contributed by atoms with Gasteiger partial charge in [0.15, 0.2) is 0 Å². The van der Waals surface area contributed by atoms with Crippen molar-refractivity contribution in [3.05, 3.63) is 265 Å². The third kappa shape index (κ3) is 6.78. The topological polar surface area (TPSA) is 6.48 Å². The van der Waals surface area contributed by atoms with E-state index in [1.807, 2.05) is 0 Å². The molecule has 0 spiro atoms. The van der Waals surface area contributed by atoms with Crippen molar-refractivity contribution in [2.45, 2.75) is 38.5 Å². The van der Waals surface area contributed by atoms with Gasteiger partial charge in [-0.3, -0.25) is 0 Å². The number of rotatable bonds is 9. The van der Waals surface area contributed by atoms with E-state index >= 15 is 0 Å². The monoisotopic (exact) mass is 872 g/mol. The van der Waals surface area contributed by atoms with Gasteiger partial charge in [0.05, 0.1) is 0 Å². The highest BCUT2D eigenvalue weighted by atomic mass is 15.2. The maximum Gasteiger partial charge on any atom is 0.0488 e. The van der Waals surface area contributed by atoms with Gasteiger partial charge in [0.25, 0.3) is 0 Å². The Kier molecular flexibility index (Phi) is 9.88. The van der Waals surface area contributed by atoms with E-state index in [1.54, 1.807) is 0 Å². The van der Waals surface area contributed by atoms with Crippen LogP contribution >= 0.6 is 0 Å². The largest absolute Gasteiger partial charge is 0.310 e. The van der Waals surface area contributed by atoms with E-state index in [0.29, 0.717) is 0 Å². The Morgan fingerprint density at radius 1 is 0.235 bits per heavy atom. The zero-order valence-electron chi connectivity index (χ0n) is 39.0. The number of anilines is 6. The number of nitrogens with zero attached hydrogens (tertiary/aromatic N) is 2. The van der Waals surface area contributed by atoms with Crippen LogP contribution in [-0.4, -0.2) is 0 Å². The van der Waals surface area contributed by atoms with Crippen molar-refractivity contribution in [3.63, 3.8) is 0 Å². The molecule has 0 heterocycles. The summed E-state index contributed by atoms with van der Waals surface area (Å²) in [6.45, 7) is 9.47. The van der Waals surface area contributed by atoms with Crippen molar-refractivity contribution in [3.8, 4) is 55.6 Å². The van der Waals surface area contributed by atoms with E-state index in [2.05, 4.69) is 280 Å². The molecule has 2 nitrogen and oxygen atoms in total. The third-order valence-corrected chi connectivity index (χ3v) is 14.6. The number of hydrogen-bond acceptors (Lipinski definition) is 2. The van der Waals surface area contributed by atoms with Crippen LogP contribution in [0.15, 0.2) is 243 Å². The molecule has 0 aromatic heterocycles. The molecule has 0 atom stereocenters. The molecular formula is C66H52N2. The highest BCUT2D eigenvalue weighted by Crippen LogP contribution is 2.54. The summed E-state index contributed by atoms with van der Waals surface area (Å²) < 4.78 is 0. The van der Waals surface area contributed by atoms with Crippen molar-refractivity contribution >= 4 is 34.1 Å². The van der Waals surface area contributed by atoms with Gasteiger partial charge in [-0.15, -0.1) is 0 Å². The minimum atomic E-state index is -0.165. The fourth-order valence-corrected chi connectivity index (χ4v) is 11.3. The highest BCUT2D eigenvalue weighted by Gasteiger charge is 2.37. The van der Waals surface area contributed by atoms with Crippen molar-refractivity contribution < 1.29 is 0 Å². The van der Waals surface area contributed by atoms with Gasteiger partial charge in [-0.25, -0.2) is 0 Å². The van der Waals surface area contributed by atoms with Crippen molar-refractivity contribution in [2.24, 2.45) is 0 Å².